The third-order valence-electron chi connectivity index (χ3n) is 5.61. The number of carbonyl (C=O) groups is 1. The van der Waals surface area contributed by atoms with E-state index in [0.717, 1.165) is 11.3 Å². The SMILES string of the molecule is CN1C(=O)[C@H]2CN(S(=O)(=O)c3ccc4c(c3)OCO4)C[C@H]2c2ccccc21. The van der Waals surface area contributed by atoms with Crippen molar-refractivity contribution in [1.29, 1.82) is 0 Å². The first-order chi connectivity index (χ1) is 13.0. The summed E-state index contributed by atoms with van der Waals surface area (Å²) in [6, 6.07) is 12.3. The number of anilines is 1. The van der Waals surface area contributed by atoms with Gasteiger partial charge in [0.05, 0.1) is 10.8 Å². The first-order valence-electron chi connectivity index (χ1n) is 8.73. The topological polar surface area (TPSA) is 76.2 Å². The molecule has 0 N–H and O–H groups in total. The molecule has 0 aromatic heterocycles. The van der Waals surface area contributed by atoms with Crippen molar-refractivity contribution in [3.8, 4) is 11.5 Å². The highest BCUT2D eigenvalue weighted by Crippen LogP contribution is 2.44. The highest BCUT2D eigenvalue weighted by atomic mass is 32.2. The zero-order valence-corrected chi connectivity index (χ0v) is 15.5. The van der Waals surface area contributed by atoms with Gasteiger partial charge in [-0.3, -0.25) is 4.79 Å². The number of fused-ring (bicyclic) bond motifs is 4. The Kier molecular flexibility index (Phi) is 3.50. The van der Waals surface area contributed by atoms with Crippen molar-refractivity contribution in [1.82, 2.24) is 4.31 Å². The van der Waals surface area contributed by atoms with Crippen molar-refractivity contribution in [3.63, 3.8) is 0 Å². The molecule has 0 saturated carbocycles. The second-order valence-electron chi connectivity index (χ2n) is 7.01. The van der Waals surface area contributed by atoms with E-state index in [1.54, 1.807) is 18.0 Å². The van der Waals surface area contributed by atoms with Gasteiger partial charge >= 0.3 is 0 Å². The molecule has 0 radical (unpaired) electrons. The summed E-state index contributed by atoms with van der Waals surface area (Å²) in [5, 5.41) is 0. The van der Waals surface area contributed by atoms with Crippen molar-refractivity contribution in [2.45, 2.75) is 10.8 Å². The predicted molar refractivity (Wildman–Crippen MR) is 97.4 cm³/mol. The zero-order valence-electron chi connectivity index (χ0n) is 14.7. The van der Waals surface area contributed by atoms with Crippen LogP contribution in [-0.2, 0) is 14.8 Å². The summed E-state index contributed by atoms with van der Waals surface area (Å²) in [5.74, 6) is 0.424. The Morgan fingerprint density at radius 2 is 1.74 bits per heavy atom. The first-order valence-corrected chi connectivity index (χ1v) is 10.2. The number of amides is 1. The Bertz CT molecular complexity index is 1050. The van der Waals surface area contributed by atoms with Gasteiger partial charge in [0.1, 0.15) is 0 Å². The minimum atomic E-state index is -3.73. The smallest absolute Gasteiger partial charge is 0.243 e. The molecule has 2 atom stereocenters. The molecule has 0 unspecified atom stereocenters. The second kappa shape index (κ2) is 5.71. The molecule has 0 bridgehead atoms. The van der Waals surface area contributed by atoms with E-state index in [2.05, 4.69) is 0 Å². The lowest BCUT2D eigenvalue weighted by atomic mass is 9.83. The molecule has 2 aromatic rings. The first kappa shape index (κ1) is 16.6. The highest BCUT2D eigenvalue weighted by molar-refractivity contribution is 7.89. The van der Waals surface area contributed by atoms with Gasteiger partial charge in [-0.25, -0.2) is 8.42 Å². The predicted octanol–water partition coefficient (Wildman–Crippen LogP) is 1.80. The Labute approximate surface area is 157 Å². The molecule has 140 valence electrons. The van der Waals surface area contributed by atoms with Crippen molar-refractivity contribution in [3.05, 3.63) is 48.0 Å². The Morgan fingerprint density at radius 3 is 2.59 bits per heavy atom. The lowest BCUT2D eigenvalue weighted by Crippen LogP contribution is -2.40. The molecule has 27 heavy (non-hydrogen) atoms. The van der Waals surface area contributed by atoms with Crippen LogP contribution < -0.4 is 14.4 Å². The van der Waals surface area contributed by atoms with Crippen LogP contribution in [0.25, 0.3) is 0 Å². The normalized spacial score (nSPS) is 24.0. The van der Waals surface area contributed by atoms with Crippen LogP contribution in [0, 0.1) is 5.92 Å². The molecule has 1 fully saturated rings. The van der Waals surface area contributed by atoms with Gasteiger partial charge < -0.3 is 14.4 Å². The van der Waals surface area contributed by atoms with E-state index in [4.69, 9.17) is 9.47 Å². The summed E-state index contributed by atoms with van der Waals surface area (Å²) in [4.78, 5) is 14.6. The minimum absolute atomic E-state index is 0.0397. The molecule has 5 rings (SSSR count). The Balaban J connectivity index is 1.51. The van der Waals surface area contributed by atoms with E-state index in [9.17, 15) is 13.2 Å². The molecule has 0 aliphatic carbocycles. The van der Waals surface area contributed by atoms with Crippen LogP contribution >= 0.6 is 0 Å². The van der Waals surface area contributed by atoms with E-state index in [1.165, 1.54) is 16.4 Å². The quantitative estimate of drug-likeness (QED) is 0.787. The van der Waals surface area contributed by atoms with Gasteiger partial charge in [0.25, 0.3) is 0 Å². The average Bonchev–Trinajstić information content (AvgIpc) is 3.33. The van der Waals surface area contributed by atoms with Crippen LogP contribution in [-0.4, -0.2) is 45.6 Å². The van der Waals surface area contributed by atoms with E-state index >= 15 is 0 Å². The molecule has 1 amide bonds. The number of ether oxygens (including phenoxy) is 2. The molecule has 2 aromatic carbocycles. The van der Waals surface area contributed by atoms with Gasteiger partial charge in [-0.1, -0.05) is 18.2 Å². The van der Waals surface area contributed by atoms with Crippen LogP contribution in [0.2, 0.25) is 0 Å². The van der Waals surface area contributed by atoms with Crippen LogP contribution in [0.4, 0.5) is 5.69 Å². The molecule has 8 heteroatoms. The second-order valence-corrected chi connectivity index (χ2v) is 8.94. The summed E-state index contributed by atoms with van der Waals surface area (Å²) in [5.41, 5.74) is 1.87. The van der Waals surface area contributed by atoms with Crippen LogP contribution in [0.3, 0.4) is 0 Å². The summed E-state index contributed by atoms with van der Waals surface area (Å²) in [6.45, 7) is 0.557. The summed E-state index contributed by atoms with van der Waals surface area (Å²) >= 11 is 0. The minimum Gasteiger partial charge on any atom is -0.454 e. The lowest BCUT2D eigenvalue weighted by Gasteiger charge is -2.33. The number of nitrogens with zero attached hydrogens (tertiary/aromatic N) is 2. The van der Waals surface area contributed by atoms with Gasteiger partial charge in [0.15, 0.2) is 11.5 Å². The van der Waals surface area contributed by atoms with E-state index in [-0.39, 0.29) is 42.5 Å². The zero-order chi connectivity index (χ0) is 18.8. The number of para-hydroxylation sites is 1. The number of hydrogen-bond donors (Lipinski definition) is 0. The molecular formula is C19H18N2O5S. The highest BCUT2D eigenvalue weighted by Gasteiger charge is 2.48. The Hall–Kier alpha value is -2.58. The van der Waals surface area contributed by atoms with Crippen LogP contribution in [0.15, 0.2) is 47.4 Å². The fourth-order valence-electron chi connectivity index (χ4n) is 4.19. The molecule has 3 aliphatic rings. The van der Waals surface area contributed by atoms with Crippen LogP contribution in [0.5, 0.6) is 11.5 Å². The number of rotatable bonds is 2. The van der Waals surface area contributed by atoms with E-state index in [1.807, 2.05) is 24.3 Å². The third-order valence-corrected chi connectivity index (χ3v) is 7.44. The fraction of sp³-hybridized carbons (Fsp3) is 0.316. The van der Waals surface area contributed by atoms with Crippen molar-refractivity contribution in [2.75, 3.05) is 31.8 Å². The van der Waals surface area contributed by atoms with Gasteiger partial charge in [-0.05, 0) is 23.8 Å². The maximum atomic E-state index is 13.2. The molecule has 7 nitrogen and oxygen atoms in total. The summed E-state index contributed by atoms with van der Waals surface area (Å²) < 4.78 is 38.3. The molecular weight excluding hydrogens is 368 g/mol. The molecule has 1 saturated heterocycles. The molecule has 3 aliphatic heterocycles. The fourth-order valence-corrected chi connectivity index (χ4v) is 5.70. The number of hydrogen-bond acceptors (Lipinski definition) is 5. The maximum Gasteiger partial charge on any atom is 0.243 e. The van der Waals surface area contributed by atoms with Gasteiger partial charge in [-0.2, -0.15) is 4.31 Å². The number of benzene rings is 2. The largest absolute Gasteiger partial charge is 0.454 e. The standard InChI is InChI=1S/C19H18N2O5S/c1-20-16-5-3-2-4-13(16)14-9-21(10-15(14)19(20)22)27(23,24)12-6-7-17-18(8-12)26-11-25-17/h2-8,14-15H,9-11H2,1H3/t14-,15-/m0/s1. The summed E-state index contributed by atoms with van der Waals surface area (Å²) in [7, 11) is -1.99. The maximum absolute atomic E-state index is 13.2. The lowest BCUT2D eigenvalue weighted by molar-refractivity contribution is -0.122. The summed E-state index contributed by atoms with van der Waals surface area (Å²) in [6.07, 6.45) is 0. The Morgan fingerprint density at radius 1 is 1.00 bits per heavy atom. The van der Waals surface area contributed by atoms with Crippen molar-refractivity contribution >= 4 is 21.6 Å². The van der Waals surface area contributed by atoms with Gasteiger partial charge in [-0.15, -0.1) is 0 Å². The van der Waals surface area contributed by atoms with Crippen molar-refractivity contribution in [2.24, 2.45) is 5.92 Å². The van der Waals surface area contributed by atoms with Crippen LogP contribution in [0.1, 0.15) is 11.5 Å². The molecule has 3 heterocycles. The van der Waals surface area contributed by atoms with E-state index in [0.29, 0.717) is 11.5 Å². The van der Waals surface area contributed by atoms with E-state index < -0.39 is 10.0 Å². The number of sulfonamides is 1. The monoisotopic (exact) mass is 386 g/mol. The average molecular weight is 386 g/mol. The van der Waals surface area contributed by atoms with Gasteiger partial charge in [0.2, 0.25) is 22.7 Å². The van der Waals surface area contributed by atoms with Crippen molar-refractivity contribution < 1.29 is 22.7 Å². The third kappa shape index (κ3) is 2.36. The van der Waals surface area contributed by atoms with Gasteiger partial charge in [0, 0.05) is 37.8 Å². The number of carbonyl (C=O) groups excluding carboxylic acids is 1. The molecule has 0 spiro atoms.